The summed E-state index contributed by atoms with van der Waals surface area (Å²) in [6.45, 7) is -0.183. The Kier molecular flexibility index (Phi) is 7.90. The van der Waals surface area contributed by atoms with Crippen LogP contribution in [0.3, 0.4) is 0 Å². The second kappa shape index (κ2) is 12.4. The van der Waals surface area contributed by atoms with Crippen molar-refractivity contribution in [3.63, 3.8) is 0 Å². The normalized spacial score (nSPS) is 15.7. The Bertz CT molecular complexity index is 2290. The van der Waals surface area contributed by atoms with Crippen molar-refractivity contribution in [2.75, 3.05) is 17.7 Å². The van der Waals surface area contributed by atoms with Gasteiger partial charge in [0.2, 0.25) is 17.8 Å². The number of nitrogens with zero attached hydrogens (tertiary/aromatic N) is 5. The molecule has 2 aromatic heterocycles. The van der Waals surface area contributed by atoms with E-state index in [0.717, 1.165) is 22.5 Å². The fourth-order valence-corrected chi connectivity index (χ4v) is 6.26. The number of carbonyl (C=O) groups is 4. The minimum Gasteiger partial charge on any atom is -0.494 e. The first-order valence-electron chi connectivity index (χ1n) is 15.3. The molecule has 1 unspecified atom stereocenters. The minimum absolute atomic E-state index is 0.0244. The standard InChI is InChI=1S/C34H27FN8O7/c1-41-16-20(18-5-3-4-6-25(18)41)22-9-10-36-34(38-22)39-24-13-27(43(48)49)23(14-28(24)50-2)37-15-17-11-19-30(21(35)12-17)33(47)42(32(19)46)26-7-8-29(44)40-31(26)45/h3-6,9-14,16,26,37H,7-8,15H2,1-2H3,(H,36,38,39)(H,40,44,45). The smallest absolute Gasteiger partial charge is 0.294 e. The molecule has 7 rings (SSSR count). The van der Waals surface area contributed by atoms with Crippen LogP contribution < -0.4 is 20.7 Å². The summed E-state index contributed by atoms with van der Waals surface area (Å²) in [6, 6.07) is 13.3. The molecule has 1 atom stereocenters. The quantitative estimate of drug-likeness (QED) is 0.113. The molecule has 0 aliphatic carbocycles. The monoisotopic (exact) mass is 678 g/mol. The van der Waals surface area contributed by atoms with E-state index in [4.69, 9.17) is 4.74 Å². The number of carbonyl (C=O) groups excluding carboxylic acids is 4. The third-order valence-corrected chi connectivity index (χ3v) is 8.63. The van der Waals surface area contributed by atoms with Crippen molar-refractivity contribution in [3.8, 4) is 17.0 Å². The molecular formula is C34H27FN8O7. The number of aromatic nitrogens is 3. The summed E-state index contributed by atoms with van der Waals surface area (Å²) in [6.07, 6.45) is 3.37. The molecule has 4 amide bonds. The minimum atomic E-state index is -1.26. The van der Waals surface area contributed by atoms with E-state index in [9.17, 15) is 29.3 Å². The molecule has 4 heterocycles. The lowest BCUT2D eigenvalue weighted by atomic mass is 10.0. The highest BCUT2D eigenvalue weighted by molar-refractivity contribution is 6.23. The van der Waals surface area contributed by atoms with Crippen LogP contribution >= 0.6 is 0 Å². The van der Waals surface area contributed by atoms with E-state index < -0.39 is 46.0 Å². The predicted molar refractivity (Wildman–Crippen MR) is 177 cm³/mol. The van der Waals surface area contributed by atoms with Crippen molar-refractivity contribution in [2.45, 2.75) is 25.4 Å². The van der Waals surface area contributed by atoms with Gasteiger partial charge in [-0.15, -0.1) is 0 Å². The molecule has 2 aliphatic heterocycles. The number of nitrogens with one attached hydrogen (secondary N) is 3. The topological polar surface area (TPSA) is 191 Å². The van der Waals surface area contributed by atoms with Crippen LogP contribution in [0.5, 0.6) is 5.75 Å². The first-order valence-corrected chi connectivity index (χ1v) is 15.3. The summed E-state index contributed by atoms with van der Waals surface area (Å²) >= 11 is 0. The van der Waals surface area contributed by atoms with Gasteiger partial charge in [0.15, 0.2) is 0 Å². The van der Waals surface area contributed by atoms with E-state index in [1.807, 2.05) is 42.1 Å². The van der Waals surface area contributed by atoms with E-state index >= 15 is 4.39 Å². The van der Waals surface area contributed by atoms with Crippen molar-refractivity contribution >= 4 is 57.5 Å². The zero-order valence-electron chi connectivity index (χ0n) is 26.5. The number of aryl methyl sites for hydroxylation is 1. The SMILES string of the molecule is COc1cc(NCc2cc(F)c3c(c2)C(=O)N(C2CCC(=O)NC2=O)C3=O)c([N+](=O)[O-])cc1Nc1nccc(-c2cn(C)c3ccccc23)n1. The summed E-state index contributed by atoms with van der Waals surface area (Å²) < 4.78 is 22.8. The number of benzene rings is 3. The molecule has 2 aliphatic rings. The van der Waals surface area contributed by atoms with Crippen molar-refractivity contribution in [1.82, 2.24) is 24.8 Å². The van der Waals surface area contributed by atoms with Gasteiger partial charge >= 0.3 is 0 Å². The number of halogens is 1. The van der Waals surface area contributed by atoms with Gasteiger partial charge in [-0.25, -0.2) is 14.4 Å². The molecule has 5 aromatic rings. The number of nitro benzene ring substituents is 1. The molecule has 0 spiro atoms. The molecule has 3 aromatic carbocycles. The van der Waals surface area contributed by atoms with Gasteiger partial charge in [0.25, 0.3) is 17.5 Å². The number of para-hydroxylation sites is 1. The van der Waals surface area contributed by atoms with Crippen molar-refractivity contribution in [3.05, 3.63) is 99.6 Å². The first-order chi connectivity index (χ1) is 24.0. The number of piperidine rings is 1. The van der Waals surface area contributed by atoms with Crippen LogP contribution in [0.1, 0.15) is 39.1 Å². The Balaban J connectivity index is 1.14. The van der Waals surface area contributed by atoms with Crippen LogP contribution in [0, 0.1) is 15.9 Å². The summed E-state index contributed by atoms with van der Waals surface area (Å²) in [4.78, 5) is 71.3. The van der Waals surface area contributed by atoms with E-state index in [1.165, 1.54) is 25.3 Å². The average molecular weight is 679 g/mol. The molecule has 0 bridgehead atoms. The maximum Gasteiger partial charge on any atom is 0.294 e. The van der Waals surface area contributed by atoms with Gasteiger partial charge in [0, 0.05) is 61.0 Å². The zero-order valence-corrected chi connectivity index (χ0v) is 26.5. The van der Waals surface area contributed by atoms with Crippen molar-refractivity contribution in [1.29, 1.82) is 0 Å². The van der Waals surface area contributed by atoms with Crippen LogP contribution in [0.15, 0.2) is 67.0 Å². The van der Waals surface area contributed by atoms with Gasteiger partial charge < -0.3 is 19.9 Å². The number of nitro groups is 1. The van der Waals surface area contributed by atoms with Gasteiger partial charge in [-0.2, -0.15) is 0 Å². The van der Waals surface area contributed by atoms with E-state index in [1.54, 1.807) is 12.3 Å². The Labute approximate surface area is 282 Å². The first kappa shape index (κ1) is 31.9. The van der Waals surface area contributed by atoms with E-state index in [0.29, 0.717) is 10.6 Å². The Morgan fingerprint density at radius 2 is 1.86 bits per heavy atom. The van der Waals surface area contributed by atoms with Gasteiger partial charge in [0.1, 0.15) is 23.3 Å². The van der Waals surface area contributed by atoms with Crippen LogP contribution in [0.4, 0.5) is 27.4 Å². The lowest BCUT2D eigenvalue weighted by Crippen LogP contribution is -2.54. The number of anilines is 3. The van der Waals surface area contributed by atoms with Crippen LogP contribution in [-0.4, -0.2) is 61.1 Å². The van der Waals surface area contributed by atoms with Crippen LogP contribution in [-0.2, 0) is 23.2 Å². The Morgan fingerprint density at radius 3 is 2.62 bits per heavy atom. The summed E-state index contributed by atoms with van der Waals surface area (Å²) in [5.41, 5.74) is 1.87. The third kappa shape index (κ3) is 5.51. The maximum absolute atomic E-state index is 15.3. The van der Waals surface area contributed by atoms with Crippen molar-refractivity contribution < 1.29 is 33.2 Å². The third-order valence-electron chi connectivity index (χ3n) is 8.63. The molecule has 252 valence electrons. The highest BCUT2D eigenvalue weighted by Gasteiger charge is 2.46. The zero-order chi connectivity index (χ0) is 35.3. The predicted octanol–water partition coefficient (Wildman–Crippen LogP) is 4.45. The number of hydrogen-bond donors (Lipinski definition) is 3. The largest absolute Gasteiger partial charge is 0.494 e. The average Bonchev–Trinajstić information content (AvgIpc) is 3.56. The highest BCUT2D eigenvalue weighted by atomic mass is 19.1. The van der Waals surface area contributed by atoms with Crippen LogP contribution in [0.25, 0.3) is 22.2 Å². The second-order valence-corrected chi connectivity index (χ2v) is 11.7. The number of rotatable bonds is 9. The second-order valence-electron chi connectivity index (χ2n) is 11.7. The molecule has 1 saturated heterocycles. The van der Waals surface area contributed by atoms with Gasteiger partial charge in [0.05, 0.1) is 34.5 Å². The summed E-state index contributed by atoms with van der Waals surface area (Å²) in [5, 5.41) is 21.2. The van der Waals surface area contributed by atoms with Crippen LogP contribution in [0.2, 0.25) is 0 Å². The Hall–Kier alpha value is -6.71. The van der Waals surface area contributed by atoms with Gasteiger partial charge in [-0.1, -0.05) is 18.2 Å². The lowest BCUT2D eigenvalue weighted by molar-refractivity contribution is -0.383. The summed E-state index contributed by atoms with van der Waals surface area (Å²) in [5.74, 6) is -3.83. The lowest BCUT2D eigenvalue weighted by Gasteiger charge is -2.27. The summed E-state index contributed by atoms with van der Waals surface area (Å²) in [7, 11) is 3.32. The number of hydrogen-bond acceptors (Lipinski definition) is 11. The number of methoxy groups -OCH3 is 1. The molecule has 50 heavy (non-hydrogen) atoms. The van der Waals surface area contributed by atoms with E-state index in [2.05, 4.69) is 25.9 Å². The molecule has 0 radical (unpaired) electrons. The molecular weight excluding hydrogens is 651 g/mol. The van der Waals surface area contributed by atoms with Gasteiger partial charge in [-0.3, -0.25) is 39.5 Å². The molecule has 0 saturated carbocycles. The number of amides is 4. The fraction of sp³-hybridized carbons (Fsp3) is 0.176. The molecule has 16 heteroatoms. The van der Waals surface area contributed by atoms with E-state index in [-0.39, 0.29) is 59.3 Å². The van der Waals surface area contributed by atoms with Crippen molar-refractivity contribution in [2.24, 2.45) is 7.05 Å². The molecule has 15 nitrogen and oxygen atoms in total. The van der Waals surface area contributed by atoms with Gasteiger partial charge in [-0.05, 0) is 36.2 Å². The fourth-order valence-electron chi connectivity index (χ4n) is 6.26. The number of imide groups is 2. The number of fused-ring (bicyclic) bond motifs is 2. The molecule has 3 N–H and O–H groups in total. The number of ether oxygens (including phenoxy) is 1. The molecule has 1 fully saturated rings. The maximum atomic E-state index is 15.3. The Morgan fingerprint density at radius 1 is 1.06 bits per heavy atom. The highest BCUT2D eigenvalue weighted by Crippen LogP contribution is 2.38.